The molecule has 5 nitrogen and oxygen atoms in total. The molecule has 1 atom stereocenters. The molecule has 1 aliphatic heterocycles. The highest BCUT2D eigenvalue weighted by molar-refractivity contribution is 9.10. The zero-order chi connectivity index (χ0) is 13.2. The lowest BCUT2D eigenvalue weighted by Gasteiger charge is -2.17. The Balaban J connectivity index is 1.72. The van der Waals surface area contributed by atoms with Gasteiger partial charge in [0.25, 0.3) is 5.89 Å². The van der Waals surface area contributed by atoms with Gasteiger partial charge < -0.3 is 15.2 Å². The highest BCUT2D eigenvalue weighted by atomic mass is 79.9. The summed E-state index contributed by atoms with van der Waals surface area (Å²) < 4.78 is 6.27. The van der Waals surface area contributed by atoms with Gasteiger partial charge in [-0.3, -0.25) is 0 Å². The van der Waals surface area contributed by atoms with E-state index in [1.807, 2.05) is 11.4 Å². The van der Waals surface area contributed by atoms with Crippen LogP contribution in [0.2, 0.25) is 0 Å². The fourth-order valence-electron chi connectivity index (χ4n) is 2.25. The first kappa shape index (κ1) is 13.2. The standard InChI is InChI=1S/C12H15BrN4OS/c13-8-3-6-19-10(8)12-15-11(16-18-12)9(14)7-17-4-1-2-5-17/h3,6,9H,1-2,4-5,7,14H2. The van der Waals surface area contributed by atoms with Gasteiger partial charge in [-0.2, -0.15) is 4.98 Å². The van der Waals surface area contributed by atoms with Crippen LogP contribution in [0.3, 0.4) is 0 Å². The molecule has 3 rings (SSSR count). The summed E-state index contributed by atoms with van der Waals surface area (Å²) in [4.78, 5) is 7.71. The topological polar surface area (TPSA) is 68.2 Å². The van der Waals surface area contributed by atoms with Crippen LogP contribution < -0.4 is 5.73 Å². The predicted molar refractivity (Wildman–Crippen MR) is 77.9 cm³/mol. The molecule has 0 saturated carbocycles. The summed E-state index contributed by atoms with van der Waals surface area (Å²) in [6, 6.07) is 1.78. The number of halogens is 1. The minimum absolute atomic E-state index is 0.186. The van der Waals surface area contributed by atoms with Crippen molar-refractivity contribution in [2.75, 3.05) is 19.6 Å². The van der Waals surface area contributed by atoms with Crippen LogP contribution in [-0.2, 0) is 0 Å². The summed E-state index contributed by atoms with van der Waals surface area (Å²) in [5.74, 6) is 1.12. The van der Waals surface area contributed by atoms with Crippen molar-refractivity contribution in [3.05, 3.63) is 21.7 Å². The molecule has 2 aromatic rings. The second kappa shape index (κ2) is 5.70. The van der Waals surface area contributed by atoms with Gasteiger partial charge in [-0.25, -0.2) is 0 Å². The van der Waals surface area contributed by atoms with E-state index in [0.29, 0.717) is 11.7 Å². The number of nitrogens with two attached hydrogens (primary N) is 1. The Hall–Kier alpha value is -0.760. The lowest BCUT2D eigenvalue weighted by Crippen LogP contribution is -2.30. The first-order valence-corrected chi connectivity index (χ1v) is 7.96. The van der Waals surface area contributed by atoms with Crippen LogP contribution in [0.5, 0.6) is 0 Å². The van der Waals surface area contributed by atoms with Crippen molar-refractivity contribution in [3.8, 4) is 10.8 Å². The van der Waals surface area contributed by atoms with Crippen LogP contribution in [-0.4, -0.2) is 34.7 Å². The van der Waals surface area contributed by atoms with Crippen molar-refractivity contribution in [2.45, 2.75) is 18.9 Å². The van der Waals surface area contributed by atoms with Gasteiger partial charge in [0.1, 0.15) is 4.88 Å². The summed E-state index contributed by atoms with van der Waals surface area (Å²) >= 11 is 5.03. The Bertz CT molecular complexity index is 549. The summed E-state index contributed by atoms with van der Waals surface area (Å²) in [6.45, 7) is 3.04. The molecular weight excluding hydrogens is 328 g/mol. The summed E-state index contributed by atoms with van der Waals surface area (Å²) in [5, 5.41) is 5.98. The van der Waals surface area contributed by atoms with Crippen LogP contribution in [0.25, 0.3) is 10.8 Å². The minimum atomic E-state index is -0.186. The van der Waals surface area contributed by atoms with E-state index < -0.39 is 0 Å². The van der Waals surface area contributed by atoms with Crippen molar-refractivity contribution in [1.29, 1.82) is 0 Å². The van der Waals surface area contributed by atoms with E-state index >= 15 is 0 Å². The maximum Gasteiger partial charge on any atom is 0.269 e. The Kier molecular flexibility index (Phi) is 3.97. The lowest BCUT2D eigenvalue weighted by atomic mass is 10.3. The highest BCUT2D eigenvalue weighted by Gasteiger charge is 2.21. The van der Waals surface area contributed by atoms with Crippen molar-refractivity contribution in [1.82, 2.24) is 15.0 Å². The van der Waals surface area contributed by atoms with E-state index in [1.54, 1.807) is 11.3 Å². The van der Waals surface area contributed by atoms with Gasteiger partial charge in [-0.15, -0.1) is 11.3 Å². The molecule has 1 saturated heterocycles. The Morgan fingerprint density at radius 3 is 2.95 bits per heavy atom. The normalized spacial score (nSPS) is 18.0. The minimum Gasteiger partial charge on any atom is -0.333 e. The van der Waals surface area contributed by atoms with Gasteiger partial charge in [0.15, 0.2) is 5.82 Å². The van der Waals surface area contributed by atoms with Crippen LogP contribution in [0.1, 0.15) is 24.7 Å². The third kappa shape index (κ3) is 2.89. The van der Waals surface area contributed by atoms with E-state index in [2.05, 4.69) is 31.0 Å². The summed E-state index contributed by atoms with van der Waals surface area (Å²) in [5.41, 5.74) is 6.14. The molecule has 1 fully saturated rings. The van der Waals surface area contributed by atoms with E-state index in [4.69, 9.17) is 10.3 Å². The molecule has 0 bridgehead atoms. The quantitative estimate of drug-likeness (QED) is 0.924. The maximum atomic E-state index is 6.14. The Labute approximate surface area is 123 Å². The Morgan fingerprint density at radius 2 is 2.26 bits per heavy atom. The zero-order valence-corrected chi connectivity index (χ0v) is 12.8. The van der Waals surface area contributed by atoms with Crippen LogP contribution in [0.15, 0.2) is 20.4 Å². The first-order chi connectivity index (χ1) is 9.24. The largest absolute Gasteiger partial charge is 0.333 e. The molecule has 19 heavy (non-hydrogen) atoms. The van der Waals surface area contributed by atoms with E-state index in [-0.39, 0.29) is 6.04 Å². The monoisotopic (exact) mass is 342 g/mol. The third-order valence-corrected chi connectivity index (χ3v) is 5.06. The molecule has 0 amide bonds. The average Bonchev–Trinajstić information content (AvgIpc) is 3.08. The van der Waals surface area contributed by atoms with Gasteiger partial charge in [-0.1, -0.05) is 5.16 Å². The molecule has 3 heterocycles. The fourth-order valence-corrected chi connectivity index (χ4v) is 3.71. The van der Waals surface area contributed by atoms with Crippen LogP contribution in [0.4, 0.5) is 0 Å². The maximum absolute atomic E-state index is 6.14. The number of hydrogen-bond donors (Lipinski definition) is 1. The number of rotatable bonds is 4. The van der Waals surface area contributed by atoms with Crippen molar-refractivity contribution >= 4 is 27.3 Å². The zero-order valence-electron chi connectivity index (χ0n) is 10.4. The van der Waals surface area contributed by atoms with Crippen LogP contribution in [0, 0.1) is 0 Å². The van der Waals surface area contributed by atoms with Gasteiger partial charge in [0, 0.05) is 11.0 Å². The summed E-state index contributed by atoms with van der Waals surface area (Å²) in [7, 11) is 0. The SMILES string of the molecule is NC(CN1CCCC1)c1noc(-c2sccc2Br)n1. The predicted octanol–water partition coefficient (Wildman–Crippen LogP) is 2.66. The third-order valence-electron chi connectivity index (χ3n) is 3.24. The molecule has 102 valence electrons. The molecule has 0 radical (unpaired) electrons. The van der Waals surface area contributed by atoms with Gasteiger partial charge in [0.05, 0.1) is 6.04 Å². The fraction of sp³-hybridized carbons (Fsp3) is 0.500. The Morgan fingerprint density at radius 1 is 1.47 bits per heavy atom. The van der Waals surface area contributed by atoms with Gasteiger partial charge in [0.2, 0.25) is 0 Å². The number of thiophene rings is 1. The molecule has 2 aromatic heterocycles. The molecular formula is C12H15BrN4OS. The van der Waals surface area contributed by atoms with E-state index in [9.17, 15) is 0 Å². The number of aromatic nitrogens is 2. The van der Waals surface area contributed by atoms with Crippen molar-refractivity contribution in [2.24, 2.45) is 5.73 Å². The molecule has 0 spiro atoms. The summed E-state index contributed by atoms with van der Waals surface area (Å²) in [6.07, 6.45) is 2.51. The van der Waals surface area contributed by atoms with E-state index in [1.165, 1.54) is 12.8 Å². The van der Waals surface area contributed by atoms with Crippen molar-refractivity contribution in [3.63, 3.8) is 0 Å². The van der Waals surface area contributed by atoms with Gasteiger partial charge in [-0.05, 0) is 53.3 Å². The van der Waals surface area contributed by atoms with Crippen molar-refractivity contribution < 1.29 is 4.52 Å². The number of hydrogen-bond acceptors (Lipinski definition) is 6. The molecule has 1 aliphatic rings. The lowest BCUT2D eigenvalue weighted by molar-refractivity contribution is 0.306. The second-order valence-corrected chi connectivity index (χ2v) is 6.44. The molecule has 1 unspecified atom stereocenters. The highest BCUT2D eigenvalue weighted by Crippen LogP contribution is 2.32. The average molecular weight is 343 g/mol. The molecule has 7 heteroatoms. The second-order valence-electron chi connectivity index (χ2n) is 4.67. The van der Waals surface area contributed by atoms with Gasteiger partial charge >= 0.3 is 0 Å². The smallest absolute Gasteiger partial charge is 0.269 e. The molecule has 0 aliphatic carbocycles. The van der Waals surface area contributed by atoms with E-state index in [0.717, 1.165) is 29.0 Å². The first-order valence-electron chi connectivity index (χ1n) is 6.29. The number of likely N-dealkylation sites (tertiary alicyclic amines) is 1. The number of nitrogens with zero attached hydrogens (tertiary/aromatic N) is 3. The molecule has 2 N–H and O–H groups in total. The van der Waals surface area contributed by atoms with Crippen LogP contribution >= 0.6 is 27.3 Å². The molecule has 0 aromatic carbocycles.